The van der Waals surface area contributed by atoms with Crippen molar-refractivity contribution in [2.24, 2.45) is 5.10 Å². The van der Waals surface area contributed by atoms with E-state index in [-0.39, 0.29) is 0 Å². The van der Waals surface area contributed by atoms with Crippen molar-refractivity contribution in [1.82, 2.24) is 4.57 Å². The van der Waals surface area contributed by atoms with E-state index in [1.165, 1.54) is 6.21 Å². The van der Waals surface area contributed by atoms with Crippen LogP contribution < -0.4 is 5.43 Å². The van der Waals surface area contributed by atoms with Crippen LogP contribution in [0.2, 0.25) is 10.0 Å². The summed E-state index contributed by atoms with van der Waals surface area (Å²) >= 11 is 12.4. The molecule has 0 aliphatic rings. The average molecular weight is 512 g/mol. The molecule has 0 atom stereocenters. The molecule has 0 saturated heterocycles. The Morgan fingerprint density at radius 3 is 2.21 bits per heavy atom. The van der Waals surface area contributed by atoms with Crippen molar-refractivity contribution < 1.29 is 22.0 Å². The van der Waals surface area contributed by atoms with Crippen LogP contribution in [-0.4, -0.2) is 10.8 Å². The first-order valence-electron chi connectivity index (χ1n) is 9.94. The Bertz CT molecular complexity index is 1430. The fourth-order valence-corrected chi connectivity index (χ4v) is 4.26. The lowest BCUT2D eigenvalue weighted by Gasteiger charge is -2.12. The van der Waals surface area contributed by atoms with Gasteiger partial charge in [-0.25, -0.2) is 22.0 Å². The number of rotatable bonds is 5. The molecule has 0 saturated carbocycles. The molecule has 0 radical (unpaired) electrons. The molecule has 0 amide bonds. The van der Waals surface area contributed by atoms with Crippen molar-refractivity contribution in [2.75, 3.05) is 5.43 Å². The SMILES string of the molecule is Cc1cccc2c(/C=N/Nc3c(F)c(F)c(F)c(F)c3F)c(C)n(Cc3ccc(Cl)cc3Cl)c12. The lowest BCUT2D eigenvalue weighted by molar-refractivity contribution is 0.381. The zero-order chi connectivity index (χ0) is 24.7. The molecule has 4 rings (SSSR count). The molecule has 176 valence electrons. The number of hydrazone groups is 1. The number of hydrogen-bond donors (Lipinski definition) is 1. The summed E-state index contributed by atoms with van der Waals surface area (Å²) in [4.78, 5) is 0. The van der Waals surface area contributed by atoms with Gasteiger partial charge in [-0.05, 0) is 37.1 Å². The van der Waals surface area contributed by atoms with Gasteiger partial charge in [0.2, 0.25) is 5.82 Å². The molecule has 0 fully saturated rings. The second-order valence-electron chi connectivity index (χ2n) is 7.61. The van der Waals surface area contributed by atoms with E-state index in [1.807, 2.05) is 48.1 Å². The standard InChI is InChI=1S/C24H16Cl2F5N3/c1-11-4-3-5-15-16(9-32-33-23-21(30)19(28)18(27)20(29)22(23)31)12(2)34(24(11)15)10-13-6-7-14(25)8-17(13)26/h3-9,33H,10H2,1-2H3/b32-9+. The summed E-state index contributed by atoms with van der Waals surface area (Å²) in [6, 6.07) is 10.8. The van der Waals surface area contributed by atoms with E-state index in [9.17, 15) is 22.0 Å². The van der Waals surface area contributed by atoms with E-state index in [4.69, 9.17) is 23.2 Å². The second-order valence-corrected chi connectivity index (χ2v) is 8.45. The van der Waals surface area contributed by atoms with Gasteiger partial charge < -0.3 is 4.57 Å². The smallest absolute Gasteiger partial charge is 0.200 e. The molecule has 4 aromatic rings. The van der Waals surface area contributed by atoms with Crippen molar-refractivity contribution in [3.63, 3.8) is 0 Å². The molecular formula is C24H16Cl2F5N3. The summed E-state index contributed by atoms with van der Waals surface area (Å²) in [6.07, 6.45) is 1.27. The summed E-state index contributed by atoms with van der Waals surface area (Å²) in [6.45, 7) is 4.15. The molecular weight excluding hydrogens is 496 g/mol. The van der Waals surface area contributed by atoms with Gasteiger partial charge in [0.25, 0.3) is 0 Å². The van der Waals surface area contributed by atoms with Crippen molar-refractivity contribution in [1.29, 1.82) is 0 Å². The Hall–Kier alpha value is -3.10. The number of nitrogens with zero attached hydrogens (tertiary/aromatic N) is 2. The van der Waals surface area contributed by atoms with Crippen LogP contribution in [0.15, 0.2) is 41.5 Å². The molecule has 0 spiro atoms. The third kappa shape index (κ3) is 4.12. The molecule has 0 aliphatic heterocycles. The van der Waals surface area contributed by atoms with Gasteiger partial charge in [-0.3, -0.25) is 5.43 Å². The zero-order valence-corrected chi connectivity index (χ0v) is 19.3. The van der Waals surface area contributed by atoms with Crippen molar-refractivity contribution >= 4 is 46.0 Å². The number of aryl methyl sites for hydroxylation is 1. The van der Waals surface area contributed by atoms with Crippen LogP contribution >= 0.6 is 23.2 Å². The fourth-order valence-electron chi connectivity index (χ4n) is 3.79. The number of hydrogen-bond acceptors (Lipinski definition) is 2. The van der Waals surface area contributed by atoms with Crippen LogP contribution in [0.1, 0.15) is 22.4 Å². The summed E-state index contributed by atoms with van der Waals surface area (Å²) in [5.41, 5.74) is 4.71. The average Bonchev–Trinajstić information content (AvgIpc) is 3.07. The topological polar surface area (TPSA) is 29.3 Å². The number of nitrogens with one attached hydrogen (secondary N) is 1. The third-order valence-corrected chi connectivity index (χ3v) is 6.10. The van der Waals surface area contributed by atoms with E-state index < -0.39 is 34.8 Å². The quantitative estimate of drug-likeness (QED) is 0.0957. The van der Waals surface area contributed by atoms with E-state index >= 15 is 0 Å². The van der Waals surface area contributed by atoms with Crippen molar-refractivity contribution in [2.45, 2.75) is 20.4 Å². The van der Waals surface area contributed by atoms with Gasteiger partial charge in [0, 0.05) is 33.2 Å². The third-order valence-electron chi connectivity index (χ3n) is 5.52. The minimum atomic E-state index is -2.24. The molecule has 0 bridgehead atoms. The van der Waals surface area contributed by atoms with E-state index in [0.717, 1.165) is 27.7 Å². The molecule has 3 nitrogen and oxygen atoms in total. The first kappa shape index (κ1) is 24.0. The molecule has 0 aliphatic carbocycles. The van der Waals surface area contributed by atoms with E-state index in [0.29, 0.717) is 22.2 Å². The molecule has 0 unspecified atom stereocenters. The minimum absolute atomic E-state index is 0.405. The molecule has 3 aromatic carbocycles. The summed E-state index contributed by atoms with van der Waals surface area (Å²) in [5.74, 6) is -10.3. The maximum atomic E-state index is 13.9. The van der Waals surface area contributed by atoms with Gasteiger partial charge in [0.15, 0.2) is 23.3 Å². The number of benzene rings is 3. The number of aromatic nitrogens is 1. The number of anilines is 1. The predicted octanol–water partition coefficient (Wildman–Crippen LogP) is 7.75. The van der Waals surface area contributed by atoms with E-state index in [1.54, 1.807) is 12.1 Å². The predicted molar refractivity (Wildman–Crippen MR) is 124 cm³/mol. The normalized spacial score (nSPS) is 11.7. The largest absolute Gasteiger partial charge is 0.340 e. The highest BCUT2D eigenvalue weighted by molar-refractivity contribution is 6.35. The monoisotopic (exact) mass is 511 g/mol. The lowest BCUT2D eigenvalue weighted by atomic mass is 10.1. The lowest BCUT2D eigenvalue weighted by Crippen LogP contribution is -2.07. The summed E-state index contributed by atoms with van der Waals surface area (Å²) in [5, 5.41) is 5.55. The molecule has 1 aromatic heterocycles. The Balaban J connectivity index is 1.77. The van der Waals surface area contributed by atoms with Gasteiger partial charge in [-0.2, -0.15) is 5.10 Å². The first-order valence-corrected chi connectivity index (χ1v) is 10.7. The first-order chi connectivity index (χ1) is 16.1. The van der Waals surface area contributed by atoms with Gasteiger partial charge in [-0.1, -0.05) is 47.5 Å². The number of halogens is 7. The Kier molecular flexibility index (Phi) is 6.55. The second kappa shape index (κ2) is 9.27. The van der Waals surface area contributed by atoms with Gasteiger partial charge in [0.1, 0.15) is 5.69 Å². The highest BCUT2D eigenvalue weighted by Gasteiger charge is 2.25. The maximum absolute atomic E-state index is 13.9. The van der Waals surface area contributed by atoms with Crippen LogP contribution in [0, 0.1) is 42.9 Å². The van der Waals surface area contributed by atoms with Crippen LogP contribution in [0.25, 0.3) is 10.9 Å². The van der Waals surface area contributed by atoms with Gasteiger partial charge in [0.05, 0.1) is 11.7 Å². The van der Waals surface area contributed by atoms with Crippen molar-refractivity contribution in [3.05, 3.63) is 97.9 Å². The number of para-hydroxylation sites is 1. The molecule has 1 heterocycles. The highest BCUT2D eigenvalue weighted by Crippen LogP contribution is 2.31. The molecule has 10 heteroatoms. The van der Waals surface area contributed by atoms with Crippen LogP contribution in [0.3, 0.4) is 0 Å². The molecule has 1 N–H and O–H groups in total. The van der Waals surface area contributed by atoms with Gasteiger partial charge >= 0.3 is 0 Å². The van der Waals surface area contributed by atoms with Crippen molar-refractivity contribution in [3.8, 4) is 0 Å². The fraction of sp³-hybridized carbons (Fsp3) is 0.125. The number of fused-ring (bicyclic) bond motifs is 1. The molecule has 34 heavy (non-hydrogen) atoms. The summed E-state index contributed by atoms with van der Waals surface area (Å²) in [7, 11) is 0. The van der Waals surface area contributed by atoms with Gasteiger partial charge in [-0.15, -0.1) is 0 Å². The Morgan fingerprint density at radius 1 is 0.912 bits per heavy atom. The van der Waals surface area contributed by atoms with E-state index in [2.05, 4.69) is 5.10 Å². The zero-order valence-electron chi connectivity index (χ0n) is 17.8. The highest BCUT2D eigenvalue weighted by atomic mass is 35.5. The Labute approximate surface area is 201 Å². The Morgan fingerprint density at radius 2 is 1.56 bits per heavy atom. The summed E-state index contributed by atoms with van der Waals surface area (Å²) < 4.78 is 70.1. The van der Waals surface area contributed by atoms with Crippen LogP contribution in [-0.2, 0) is 6.54 Å². The van der Waals surface area contributed by atoms with Crippen LogP contribution in [0.4, 0.5) is 27.6 Å². The minimum Gasteiger partial charge on any atom is -0.340 e. The maximum Gasteiger partial charge on any atom is 0.200 e. The van der Waals surface area contributed by atoms with Crippen LogP contribution in [0.5, 0.6) is 0 Å².